The zero-order chi connectivity index (χ0) is 16.8. The van der Waals surface area contributed by atoms with Crippen LogP contribution in [0.1, 0.15) is 11.1 Å². The first-order valence-electron chi connectivity index (χ1n) is 6.76. The van der Waals surface area contributed by atoms with E-state index in [9.17, 15) is 8.78 Å². The molecule has 0 spiro atoms. The van der Waals surface area contributed by atoms with Crippen molar-refractivity contribution >= 4 is 23.2 Å². The molecule has 0 fully saturated rings. The number of nitrogens with one attached hydrogen (secondary N) is 1. The molecular weight excluding hydrogens is 347 g/mol. The molecule has 1 N–H and O–H groups in total. The van der Waals surface area contributed by atoms with E-state index in [1.165, 1.54) is 13.2 Å². The fourth-order valence-corrected chi connectivity index (χ4v) is 2.50. The fourth-order valence-electron chi connectivity index (χ4n) is 2.03. The Balaban J connectivity index is 2.00. The Morgan fingerprint density at radius 1 is 1.04 bits per heavy atom. The van der Waals surface area contributed by atoms with Crippen LogP contribution in [0.5, 0.6) is 11.5 Å². The fraction of sp³-hybridized carbons (Fsp3) is 0.250. The second-order valence-corrected chi connectivity index (χ2v) is 5.55. The number of halogens is 4. The van der Waals surface area contributed by atoms with Gasteiger partial charge in [-0.1, -0.05) is 35.3 Å². The molecule has 0 unspecified atom stereocenters. The molecule has 0 atom stereocenters. The molecule has 23 heavy (non-hydrogen) atoms. The second kappa shape index (κ2) is 8.34. The molecule has 0 amide bonds. The summed E-state index contributed by atoms with van der Waals surface area (Å²) < 4.78 is 34.2. The van der Waals surface area contributed by atoms with Crippen molar-refractivity contribution in [3.05, 3.63) is 57.6 Å². The van der Waals surface area contributed by atoms with Crippen molar-refractivity contribution in [1.82, 2.24) is 5.32 Å². The number of rotatable bonds is 7. The SMILES string of the molecule is COc1ccc(CNCc2ccc(Cl)cc2Cl)cc1OC(F)F. The molecule has 124 valence electrons. The van der Waals surface area contributed by atoms with E-state index in [-0.39, 0.29) is 11.5 Å². The van der Waals surface area contributed by atoms with E-state index in [0.717, 1.165) is 11.1 Å². The first-order valence-corrected chi connectivity index (χ1v) is 7.51. The topological polar surface area (TPSA) is 30.5 Å². The molecule has 0 bridgehead atoms. The van der Waals surface area contributed by atoms with Crippen LogP contribution in [-0.2, 0) is 13.1 Å². The Kier molecular flexibility index (Phi) is 6.45. The lowest BCUT2D eigenvalue weighted by molar-refractivity contribution is -0.0512. The summed E-state index contributed by atoms with van der Waals surface area (Å²) in [7, 11) is 1.40. The zero-order valence-electron chi connectivity index (χ0n) is 12.3. The lowest BCUT2D eigenvalue weighted by atomic mass is 10.2. The maximum Gasteiger partial charge on any atom is 0.387 e. The molecule has 0 aliphatic heterocycles. The van der Waals surface area contributed by atoms with Gasteiger partial charge in [-0.2, -0.15) is 8.78 Å². The monoisotopic (exact) mass is 361 g/mol. The van der Waals surface area contributed by atoms with E-state index in [1.54, 1.807) is 24.3 Å². The van der Waals surface area contributed by atoms with Crippen molar-refractivity contribution in [2.75, 3.05) is 7.11 Å². The Morgan fingerprint density at radius 2 is 1.83 bits per heavy atom. The van der Waals surface area contributed by atoms with Crippen LogP contribution in [0.25, 0.3) is 0 Å². The highest BCUT2D eigenvalue weighted by Crippen LogP contribution is 2.29. The number of methoxy groups -OCH3 is 1. The molecular formula is C16H15Cl2F2NO2. The highest BCUT2D eigenvalue weighted by Gasteiger charge is 2.11. The van der Waals surface area contributed by atoms with Gasteiger partial charge in [0, 0.05) is 23.1 Å². The van der Waals surface area contributed by atoms with Gasteiger partial charge < -0.3 is 14.8 Å². The quantitative estimate of drug-likeness (QED) is 0.761. The van der Waals surface area contributed by atoms with Crippen LogP contribution in [0, 0.1) is 0 Å². The number of hydrogen-bond acceptors (Lipinski definition) is 3. The summed E-state index contributed by atoms with van der Waals surface area (Å²) in [6.07, 6.45) is 0. The van der Waals surface area contributed by atoms with Crippen molar-refractivity contribution in [3.63, 3.8) is 0 Å². The minimum Gasteiger partial charge on any atom is -0.493 e. The maximum atomic E-state index is 12.4. The molecule has 0 aromatic heterocycles. The van der Waals surface area contributed by atoms with Gasteiger partial charge in [-0.15, -0.1) is 0 Å². The molecule has 0 radical (unpaired) electrons. The van der Waals surface area contributed by atoms with Gasteiger partial charge >= 0.3 is 6.61 Å². The van der Waals surface area contributed by atoms with Gasteiger partial charge in [0.25, 0.3) is 0 Å². The predicted octanol–water partition coefficient (Wildman–Crippen LogP) is 4.89. The van der Waals surface area contributed by atoms with E-state index in [2.05, 4.69) is 10.1 Å². The van der Waals surface area contributed by atoms with E-state index in [1.807, 2.05) is 6.07 Å². The van der Waals surface area contributed by atoms with E-state index < -0.39 is 6.61 Å². The minimum atomic E-state index is -2.90. The van der Waals surface area contributed by atoms with Gasteiger partial charge in [0.1, 0.15) is 0 Å². The van der Waals surface area contributed by atoms with Crippen LogP contribution in [0.4, 0.5) is 8.78 Å². The van der Waals surface area contributed by atoms with E-state index in [4.69, 9.17) is 27.9 Å². The van der Waals surface area contributed by atoms with Crippen molar-refractivity contribution in [2.45, 2.75) is 19.7 Å². The van der Waals surface area contributed by atoms with Gasteiger partial charge in [-0.25, -0.2) is 0 Å². The van der Waals surface area contributed by atoms with Gasteiger partial charge in [0.05, 0.1) is 7.11 Å². The first-order chi connectivity index (χ1) is 11.0. The highest BCUT2D eigenvalue weighted by atomic mass is 35.5. The lowest BCUT2D eigenvalue weighted by Gasteiger charge is -2.12. The zero-order valence-corrected chi connectivity index (χ0v) is 13.8. The summed E-state index contributed by atoms with van der Waals surface area (Å²) >= 11 is 11.9. The Labute approximate surface area is 143 Å². The standard InChI is InChI=1S/C16H15Cl2F2NO2/c1-22-14-5-2-10(6-15(14)23-16(19)20)8-21-9-11-3-4-12(17)7-13(11)18/h2-7,16,21H,8-9H2,1H3. The van der Waals surface area contributed by atoms with Crippen LogP contribution in [0.3, 0.4) is 0 Å². The van der Waals surface area contributed by atoms with Crippen molar-refractivity contribution in [1.29, 1.82) is 0 Å². The van der Waals surface area contributed by atoms with Gasteiger partial charge in [-0.05, 0) is 35.4 Å². The summed E-state index contributed by atoms with van der Waals surface area (Å²) in [5.41, 5.74) is 1.68. The van der Waals surface area contributed by atoms with Crippen molar-refractivity contribution in [2.24, 2.45) is 0 Å². The van der Waals surface area contributed by atoms with E-state index in [0.29, 0.717) is 23.1 Å². The average Bonchev–Trinajstić information content (AvgIpc) is 2.49. The molecule has 0 aliphatic rings. The smallest absolute Gasteiger partial charge is 0.387 e. The summed E-state index contributed by atoms with van der Waals surface area (Å²) in [6, 6.07) is 10.1. The van der Waals surface area contributed by atoms with Crippen LogP contribution >= 0.6 is 23.2 Å². The number of alkyl halides is 2. The summed E-state index contributed by atoms with van der Waals surface area (Å²) in [5.74, 6) is 0.265. The van der Waals surface area contributed by atoms with E-state index >= 15 is 0 Å². The van der Waals surface area contributed by atoms with Crippen LogP contribution < -0.4 is 14.8 Å². The molecule has 0 heterocycles. The molecule has 0 saturated heterocycles. The van der Waals surface area contributed by atoms with Crippen LogP contribution in [0.15, 0.2) is 36.4 Å². The molecule has 2 aromatic carbocycles. The molecule has 2 aromatic rings. The van der Waals surface area contributed by atoms with Crippen LogP contribution in [-0.4, -0.2) is 13.7 Å². The predicted molar refractivity (Wildman–Crippen MR) is 86.6 cm³/mol. The van der Waals surface area contributed by atoms with Crippen molar-refractivity contribution < 1.29 is 18.3 Å². The normalized spacial score (nSPS) is 10.9. The molecule has 0 aliphatic carbocycles. The third-order valence-corrected chi connectivity index (χ3v) is 3.69. The summed E-state index contributed by atoms with van der Waals surface area (Å²) in [4.78, 5) is 0. The third kappa shape index (κ3) is 5.23. The van der Waals surface area contributed by atoms with Crippen LogP contribution in [0.2, 0.25) is 10.0 Å². The van der Waals surface area contributed by atoms with Gasteiger partial charge in [0.2, 0.25) is 0 Å². The Bertz CT molecular complexity index is 669. The Morgan fingerprint density at radius 3 is 2.48 bits per heavy atom. The molecule has 2 rings (SSSR count). The lowest BCUT2D eigenvalue weighted by Crippen LogP contribution is -2.13. The molecule has 3 nitrogen and oxygen atoms in total. The molecule has 7 heteroatoms. The summed E-state index contributed by atoms with van der Waals surface area (Å²) in [6.45, 7) is -1.92. The maximum absolute atomic E-state index is 12.4. The Hall–Kier alpha value is -1.56. The number of ether oxygens (including phenoxy) is 2. The second-order valence-electron chi connectivity index (χ2n) is 4.70. The number of benzene rings is 2. The molecule has 0 saturated carbocycles. The third-order valence-electron chi connectivity index (χ3n) is 3.10. The van der Waals surface area contributed by atoms with Gasteiger partial charge in [-0.3, -0.25) is 0 Å². The average molecular weight is 362 g/mol. The van der Waals surface area contributed by atoms with Gasteiger partial charge in [0.15, 0.2) is 11.5 Å². The largest absolute Gasteiger partial charge is 0.493 e. The first kappa shape index (κ1) is 17.8. The minimum absolute atomic E-state index is 0.00586. The van der Waals surface area contributed by atoms with Crippen molar-refractivity contribution in [3.8, 4) is 11.5 Å². The highest BCUT2D eigenvalue weighted by molar-refractivity contribution is 6.35. The summed E-state index contributed by atoms with van der Waals surface area (Å²) in [5, 5.41) is 4.33. The number of hydrogen-bond donors (Lipinski definition) is 1.